The van der Waals surface area contributed by atoms with E-state index in [0.717, 1.165) is 5.82 Å². The highest BCUT2D eigenvalue weighted by atomic mass is 19.4. The van der Waals surface area contributed by atoms with Crippen molar-refractivity contribution in [2.75, 3.05) is 13.2 Å². The van der Waals surface area contributed by atoms with Gasteiger partial charge in [0.05, 0.1) is 0 Å². The fraction of sp³-hybridized carbons (Fsp3) is 0.727. The van der Waals surface area contributed by atoms with E-state index in [4.69, 9.17) is 5.84 Å². The van der Waals surface area contributed by atoms with Gasteiger partial charge in [0.1, 0.15) is 12.4 Å². The zero-order valence-corrected chi connectivity index (χ0v) is 10.8. The first-order valence-corrected chi connectivity index (χ1v) is 5.99. The molecule has 5 nitrogen and oxygen atoms in total. The molecule has 0 aliphatic rings. The monoisotopic (exact) mass is 280 g/mol. The summed E-state index contributed by atoms with van der Waals surface area (Å²) in [5, 5.41) is 0. The Morgan fingerprint density at radius 3 is 2.74 bits per heavy atom. The van der Waals surface area contributed by atoms with Crippen molar-refractivity contribution < 1.29 is 17.9 Å². The summed E-state index contributed by atoms with van der Waals surface area (Å²) < 4.78 is 42.0. The summed E-state index contributed by atoms with van der Waals surface area (Å²) in [5.41, 5.74) is 2.58. The van der Waals surface area contributed by atoms with Crippen LogP contribution in [0.2, 0.25) is 0 Å². The second kappa shape index (κ2) is 7.46. The molecule has 110 valence electrons. The van der Waals surface area contributed by atoms with Crippen molar-refractivity contribution in [2.45, 2.75) is 31.5 Å². The standard InChI is InChI=1S/C11H19F3N4O/c1-18-6-5-16-10(18)3-2-9(17-15)4-7-19-8-11(12,13)14/h5-6,9,17H,2-4,7-8,15H2,1H3. The number of halogens is 3. The number of nitrogens with zero attached hydrogens (tertiary/aromatic N) is 2. The number of hydrogen-bond donors (Lipinski definition) is 2. The molecule has 0 aromatic carbocycles. The third-order valence-corrected chi connectivity index (χ3v) is 2.75. The van der Waals surface area contributed by atoms with Gasteiger partial charge in [-0.2, -0.15) is 13.2 Å². The topological polar surface area (TPSA) is 65.1 Å². The Morgan fingerprint density at radius 2 is 2.21 bits per heavy atom. The minimum atomic E-state index is -4.28. The van der Waals surface area contributed by atoms with Crippen LogP contribution in [0, 0.1) is 0 Å². The van der Waals surface area contributed by atoms with Crippen molar-refractivity contribution in [1.29, 1.82) is 0 Å². The lowest BCUT2D eigenvalue weighted by molar-refractivity contribution is -0.174. The fourth-order valence-electron chi connectivity index (χ4n) is 1.67. The predicted molar refractivity (Wildman–Crippen MR) is 64.1 cm³/mol. The molecule has 0 aliphatic carbocycles. The summed E-state index contributed by atoms with van der Waals surface area (Å²) in [7, 11) is 1.89. The number of aromatic nitrogens is 2. The van der Waals surface area contributed by atoms with Crippen LogP contribution in [0.15, 0.2) is 12.4 Å². The number of imidazole rings is 1. The van der Waals surface area contributed by atoms with Crippen molar-refractivity contribution in [3.63, 3.8) is 0 Å². The number of ether oxygens (including phenoxy) is 1. The van der Waals surface area contributed by atoms with Gasteiger partial charge in [-0.1, -0.05) is 0 Å². The Balaban J connectivity index is 2.21. The van der Waals surface area contributed by atoms with Crippen LogP contribution >= 0.6 is 0 Å². The molecule has 1 aromatic rings. The van der Waals surface area contributed by atoms with E-state index in [-0.39, 0.29) is 12.6 Å². The second-order valence-electron chi connectivity index (χ2n) is 4.31. The maximum absolute atomic E-state index is 11.9. The molecule has 0 spiro atoms. The fourth-order valence-corrected chi connectivity index (χ4v) is 1.67. The minimum Gasteiger partial charge on any atom is -0.372 e. The first-order chi connectivity index (χ1) is 8.92. The summed E-state index contributed by atoms with van der Waals surface area (Å²) in [4.78, 5) is 4.17. The molecule has 1 atom stereocenters. The normalized spacial score (nSPS) is 13.7. The Morgan fingerprint density at radius 1 is 1.47 bits per heavy atom. The Kier molecular flexibility index (Phi) is 6.26. The molecule has 1 heterocycles. The van der Waals surface area contributed by atoms with Gasteiger partial charge < -0.3 is 9.30 Å². The largest absolute Gasteiger partial charge is 0.411 e. The first-order valence-electron chi connectivity index (χ1n) is 5.99. The Labute approximate surface area is 109 Å². The molecule has 0 amide bonds. The number of aryl methyl sites for hydroxylation is 2. The minimum absolute atomic E-state index is 0.0228. The third kappa shape index (κ3) is 6.55. The van der Waals surface area contributed by atoms with E-state index >= 15 is 0 Å². The van der Waals surface area contributed by atoms with Crippen LogP contribution in [-0.2, 0) is 18.2 Å². The molecule has 0 fully saturated rings. The SMILES string of the molecule is Cn1ccnc1CCC(CCOCC(F)(F)F)NN. The highest BCUT2D eigenvalue weighted by Gasteiger charge is 2.27. The molecule has 0 saturated carbocycles. The quantitative estimate of drug-likeness (QED) is 0.426. The maximum Gasteiger partial charge on any atom is 0.411 e. The van der Waals surface area contributed by atoms with Crippen LogP contribution in [0.1, 0.15) is 18.7 Å². The Bertz CT molecular complexity index is 367. The van der Waals surface area contributed by atoms with E-state index < -0.39 is 12.8 Å². The molecule has 0 radical (unpaired) electrons. The summed E-state index contributed by atoms with van der Waals surface area (Å²) in [6.07, 6.45) is 1.09. The molecule has 8 heteroatoms. The average molecular weight is 280 g/mol. The summed E-state index contributed by atoms with van der Waals surface area (Å²) >= 11 is 0. The zero-order valence-electron chi connectivity index (χ0n) is 10.8. The molecule has 0 bridgehead atoms. The molecule has 19 heavy (non-hydrogen) atoms. The van der Waals surface area contributed by atoms with Gasteiger partial charge in [-0.25, -0.2) is 4.98 Å². The van der Waals surface area contributed by atoms with Crippen LogP contribution in [0.5, 0.6) is 0 Å². The highest BCUT2D eigenvalue weighted by molar-refractivity contribution is 4.91. The van der Waals surface area contributed by atoms with Gasteiger partial charge in [-0.05, 0) is 12.8 Å². The van der Waals surface area contributed by atoms with E-state index in [1.165, 1.54) is 0 Å². The van der Waals surface area contributed by atoms with E-state index in [9.17, 15) is 13.2 Å². The number of nitrogens with one attached hydrogen (secondary N) is 1. The molecule has 1 unspecified atom stereocenters. The van der Waals surface area contributed by atoms with E-state index in [2.05, 4.69) is 15.1 Å². The molecule has 1 aromatic heterocycles. The molecule has 0 saturated heterocycles. The lowest BCUT2D eigenvalue weighted by Gasteiger charge is -2.16. The van der Waals surface area contributed by atoms with Gasteiger partial charge in [0, 0.05) is 38.5 Å². The number of rotatable bonds is 8. The maximum atomic E-state index is 11.9. The van der Waals surface area contributed by atoms with Gasteiger partial charge in [0.15, 0.2) is 0 Å². The number of hydrogen-bond acceptors (Lipinski definition) is 4. The highest BCUT2D eigenvalue weighted by Crippen LogP contribution is 2.14. The second-order valence-corrected chi connectivity index (χ2v) is 4.31. The summed E-state index contributed by atoms with van der Waals surface area (Å²) in [6, 6.07) is -0.0927. The summed E-state index contributed by atoms with van der Waals surface area (Å²) in [6.45, 7) is -1.20. The van der Waals surface area contributed by atoms with Gasteiger partial charge in [0.2, 0.25) is 0 Å². The third-order valence-electron chi connectivity index (χ3n) is 2.75. The van der Waals surface area contributed by atoms with E-state index in [1.54, 1.807) is 6.20 Å². The predicted octanol–water partition coefficient (Wildman–Crippen LogP) is 1.15. The van der Waals surface area contributed by atoms with Crippen LogP contribution in [0.4, 0.5) is 13.2 Å². The lowest BCUT2D eigenvalue weighted by Crippen LogP contribution is -2.36. The van der Waals surface area contributed by atoms with Crippen molar-refractivity contribution in [2.24, 2.45) is 12.9 Å². The first kappa shape index (κ1) is 15.9. The van der Waals surface area contributed by atoms with Crippen LogP contribution in [-0.4, -0.2) is 35.0 Å². The van der Waals surface area contributed by atoms with Crippen molar-refractivity contribution in [1.82, 2.24) is 15.0 Å². The van der Waals surface area contributed by atoms with Gasteiger partial charge >= 0.3 is 6.18 Å². The van der Waals surface area contributed by atoms with Crippen molar-refractivity contribution in [3.8, 4) is 0 Å². The Hall–Kier alpha value is -1.12. The van der Waals surface area contributed by atoms with Gasteiger partial charge in [-0.15, -0.1) is 0 Å². The van der Waals surface area contributed by atoms with Crippen molar-refractivity contribution >= 4 is 0 Å². The van der Waals surface area contributed by atoms with Crippen LogP contribution in [0.25, 0.3) is 0 Å². The molecule has 3 N–H and O–H groups in total. The molecule has 1 rings (SSSR count). The van der Waals surface area contributed by atoms with E-state index in [1.807, 2.05) is 17.8 Å². The van der Waals surface area contributed by atoms with Crippen molar-refractivity contribution in [3.05, 3.63) is 18.2 Å². The van der Waals surface area contributed by atoms with Crippen LogP contribution < -0.4 is 11.3 Å². The molecular formula is C11H19F3N4O. The molecular weight excluding hydrogens is 261 g/mol. The number of nitrogens with two attached hydrogens (primary N) is 1. The molecule has 0 aliphatic heterocycles. The van der Waals surface area contributed by atoms with Gasteiger partial charge in [0.25, 0.3) is 0 Å². The number of alkyl halides is 3. The van der Waals surface area contributed by atoms with Gasteiger partial charge in [-0.3, -0.25) is 11.3 Å². The summed E-state index contributed by atoms with van der Waals surface area (Å²) in [5.74, 6) is 6.28. The lowest BCUT2D eigenvalue weighted by atomic mass is 10.1. The zero-order chi connectivity index (χ0) is 14.3. The van der Waals surface area contributed by atoms with E-state index in [0.29, 0.717) is 19.3 Å². The smallest absolute Gasteiger partial charge is 0.372 e. The van der Waals surface area contributed by atoms with Crippen LogP contribution in [0.3, 0.4) is 0 Å². The average Bonchev–Trinajstić information content (AvgIpc) is 2.73. The number of hydrazine groups is 1.